The monoisotopic (exact) mass is 549 g/mol. The molecule has 1 rings (SSSR count). The number of carbonyl (C=O) groups excluding carboxylic acids is 3. The fourth-order valence-corrected chi connectivity index (χ4v) is 9.09. The van der Waals surface area contributed by atoms with Gasteiger partial charge < -0.3 is 9.74 Å². The van der Waals surface area contributed by atoms with Crippen molar-refractivity contribution in [3.05, 3.63) is 0 Å². The highest BCUT2D eigenvalue weighted by molar-refractivity contribution is 8.19. The maximum atomic E-state index is 13.3. The number of ketones is 1. The standard InChI is InChI=1S/C25H47NO4S3Si/c1-8-11-21(30-34(6,7)24(3,4)5)12-9-15-25(32-17-10-18-33-25)22(28)13-14-23(29)31-19-16-26-20(2)27/h21H,8-19H2,1-7H3,(H,26,27). The lowest BCUT2D eigenvalue weighted by molar-refractivity contribution is -0.121. The summed E-state index contributed by atoms with van der Waals surface area (Å²) in [5, 5.41) is 2.92. The summed E-state index contributed by atoms with van der Waals surface area (Å²) in [5.41, 5.74) is 0. The second kappa shape index (κ2) is 15.3. The van der Waals surface area contributed by atoms with Crippen LogP contribution < -0.4 is 5.32 Å². The van der Waals surface area contributed by atoms with Crippen LogP contribution in [-0.4, -0.2) is 59.1 Å². The summed E-state index contributed by atoms with van der Waals surface area (Å²) in [7, 11) is -1.82. The number of hydrogen-bond acceptors (Lipinski definition) is 7. The predicted octanol–water partition coefficient (Wildman–Crippen LogP) is 6.66. The number of nitrogens with one attached hydrogen (secondary N) is 1. The molecule has 1 aliphatic rings. The zero-order valence-corrected chi connectivity index (χ0v) is 25.9. The Bertz CT molecular complexity index is 661. The van der Waals surface area contributed by atoms with Crippen molar-refractivity contribution in [3.8, 4) is 0 Å². The lowest BCUT2D eigenvalue weighted by Crippen LogP contribution is -2.44. The van der Waals surface area contributed by atoms with E-state index in [9.17, 15) is 14.4 Å². The normalized spacial score (nSPS) is 17.3. The van der Waals surface area contributed by atoms with Gasteiger partial charge in [-0.3, -0.25) is 14.4 Å². The first-order valence-corrected chi connectivity index (χ1v) is 18.6. The Labute approximate surface area is 222 Å². The molecule has 0 bridgehead atoms. The van der Waals surface area contributed by atoms with Gasteiger partial charge in [-0.15, -0.1) is 23.5 Å². The van der Waals surface area contributed by atoms with Gasteiger partial charge in [-0.25, -0.2) is 0 Å². The van der Waals surface area contributed by atoms with Crippen LogP contribution in [0.4, 0.5) is 0 Å². The highest BCUT2D eigenvalue weighted by Gasteiger charge is 2.41. The van der Waals surface area contributed by atoms with Gasteiger partial charge in [0, 0.05) is 38.2 Å². The van der Waals surface area contributed by atoms with Gasteiger partial charge in [0.15, 0.2) is 19.2 Å². The van der Waals surface area contributed by atoms with Crippen LogP contribution in [0.25, 0.3) is 0 Å². The lowest BCUT2D eigenvalue weighted by atomic mass is 10.0. The maximum Gasteiger partial charge on any atom is 0.216 e. The maximum absolute atomic E-state index is 13.3. The van der Waals surface area contributed by atoms with Crippen molar-refractivity contribution in [2.45, 2.75) is 114 Å². The quantitative estimate of drug-likeness (QED) is 0.181. The minimum atomic E-state index is -1.82. The first-order valence-electron chi connectivity index (χ1n) is 12.7. The SMILES string of the molecule is CCCC(CCCC1(C(=O)CCC(=O)SCCNC(C)=O)SCCCS1)O[Si](C)(C)C(C)(C)C. The molecule has 198 valence electrons. The molecular weight excluding hydrogens is 503 g/mol. The molecule has 34 heavy (non-hydrogen) atoms. The zero-order valence-electron chi connectivity index (χ0n) is 22.4. The third-order valence-corrected chi connectivity index (χ3v) is 15.5. The lowest BCUT2D eigenvalue weighted by Gasteiger charge is -2.40. The molecule has 1 saturated heterocycles. The van der Waals surface area contributed by atoms with E-state index in [0.29, 0.717) is 18.7 Å². The summed E-state index contributed by atoms with van der Waals surface area (Å²) in [5.74, 6) is 2.70. The molecule has 0 spiro atoms. The molecule has 0 radical (unpaired) electrons. The highest BCUT2D eigenvalue weighted by Crippen LogP contribution is 2.48. The Morgan fingerprint density at radius 3 is 2.32 bits per heavy atom. The number of thioether (sulfide) groups is 3. The van der Waals surface area contributed by atoms with Crippen molar-refractivity contribution >= 4 is 60.4 Å². The minimum absolute atomic E-state index is 0.0328. The van der Waals surface area contributed by atoms with Gasteiger partial charge in [0.25, 0.3) is 0 Å². The molecule has 1 heterocycles. The number of Topliss-reactive ketones (excluding diaryl/α,β-unsaturated/α-hetero) is 1. The van der Waals surface area contributed by atoms with E-state index in [0.717, 1.165) is 50.0 Å². The summed E-state index contributed by atoms with van der Waals surface area (Å²) < 4.78 is 6.32. The van der Waals surface area contributed by atoms with Crippen LogP contribution in [0.2, 0.25) is 18.1 Å². The van der Waals surface area contributed by atoms with Gasteiger partial charge in [0.05, 0.1) is 0 Å². The number of amides is 1. The van der Waals surface area contributed by atoms with Crippen molar-refractivity contribution in [1.29, 1.82) is 0 Å². The fraction of sp³-hybridized carbons (Fsp3) is 0.880. The van der Waals surface area contributed by atoms with Crippen molar-refractivity contribution < 1.29 is 18.8 Å². The summed E-state index contributed by atoms with van der Waals surface area (Å²) in [4.78, 5) is 36.5. The average Bonchev–Trinajstić information content (AvgIpc) is 2.74. The summed E-state index contributed by atoms with van der Waals surface area (Å²) in [6.45, 7) is 15.6. The Hall–Kier alpha value is 0.0369. The molecule has 1 amide bonds. The van der Waals surface area contributed by atoms with Crippen LogP contribution >= 0.6 is 35.3 Å². The van der Waals surface area contributed by atoms with E-state index in [1.54, 1.807) is 23.5 Å². The van der Waals surface area contributed by atoms with Gasteiger partial charge >= 0.3 is 0 Å². The van der Waals surface area contributed by atoms with Crippen LogP contribution in [0.5, 0.6) is 0 Å². The van der Waals surface area contributed by atoms with E-state index in [1.807, 2.05) is 0 Å². The molecule has 0 saturated carbocycles. The van der Waals surface area contributed by atoms with E-state index in [1.165, 1.54) is 18.7 Å². The van der Waals surface area contributed by atoms with Gasteiger partial charge in [-0.1, -0.05) is 45.9 Å². The first kappa shape index (κ1) is 32.1. The van der Waals surface area contributed by atoms with E-state index in [-0.39, 0.29) is 34.4 Å². The molecule has 0 aromatic carbocycles. The molecule has 0 aromatic rings. The van der Waals surface area contributed by atoms with Crippen molar-refractivity contribution in [3.63, 3.8) is 0 Å². The fourth-order valence-electron chi connectivity index (χ4n) is 3.63. The van der Waals surface area contributed by atoms with Crippen molar-refractivity contribution in [2.75, 3.05) is 23.8 Å². The van der Waals surface area contributed by atoms with Crippen LogP contribution in [0.15, 0.2) is 0 Å². The van der Waals surface area contributed by atoms with Gasteiger partial charge in [-0.2, -0.15) is 0 Å². The molecule has 1 fully saturated rings. The second-order valence-electron chi connectivity index (χ2n) is 10.6. The van der Waals surface area contributed by atoms with Crippen LogP contribution in [-0.2, 0) is 18.8 Å². The molecule has 5 nitrogen and oxygen atoms in total. The molecule has 9 heteroatoms. The molecule has 1 N–H and O–H groups in total. The van der Waals surface area contributed by atoms with E-state index in [2.05, 4.69) is 46.1 Å². The Balaban J connectivity index is 2.63. The first-order chi connectivity index (χ1) is 15.8. The molecule has 0 aliphatic carbocycles. The molecule has 1 aliphatic heterocycles. The molecule has 0 aromatic heterocycles. The highest BCUT2D eigenvalue weighted by atomic mass is 32.2. The van der Waals surface area contributed by atoms with Crippen LogP contribution in [0, 0.1) is 0 Å². The zero-order chi connectivity index (χ0) is 25.8. The summed E-state index contributed by atoms with van der Waals surface area (Å²) >= 11 is 4.79. The second-order valence-corrected chi connectivity index (χ2v) is 19.6. The predicted molar refractivity (Wildman–Crippen MR) is 153 cm³/mol. The Kier molecular flexibility index (Phi) is 14.5. The molecule has 1 atom stereocenters. The van der Waals surface area contributed by atoms with Gasteiger partial charge in [0.1, 0.15) is 4.08 Å². The minimum Gasteiger partial charge on any atom is -0.414 e. The Morgan fingerprint density at radius 1 is 1.12 bits per heavy atom. The van der Waals surface area contributed by atoms with E-state index in [4.69, 9.17) is 4.43 Å². The number of rotatable bonds is 15. The third-order valence-electron chi connectivity index (χ3n) is 6.59. The molecule has 1 unspecified atom stereocenters. The number of hydrogen-bond donors (Lipinski definition) is 1. The van der Waals surface area contributed by atoms with Crippen LogP contribution in [0.1, 0.15) is 86.0 Å². The third kappa shape index (κ3) is 11.4. The van der Waals surface area contributed by atoms with Gasteiger partial charge in [-0.05, 0) is 61.7 Å². The Morgan fingerprint density at radius 2 is 1.76 bits per heavy atom. The van der Waals surface area contributed by atoms with Crippen molar-refractivity contribution in [1.82, 2.24) is 5.32 Å². The number of carbonyl (C=O) groups is 3. The largest absolute Gasteiger partial charge is 0.414 e. The average molecular weight is 550 g/mol. The topological polar surface area (TPSA) is 72.5 Å². The van der Waals surface area contributed by atoms with Gasteiger partial charge in [0.2, 0.25) is 5.91 Å². The summed E-state index contributed by atoms with van der Waals surface area (Å²) in [6.07, 6.45) is 6.98. The molecular formula is C25H47NO4S3Si. The summed E-state index contributed by atoms with van der Waals surface area (Å²) in [6, 6.07) is 0. The van der Waals surface area contributed by atoms with Crippen molar-refractivity contribution in [2.24, 2.45) is 0 Å². The van der Waals surface area contributed by atoms with Crippen LogP contribution in [0.3, 0.4) is 0 Å². The van der Waals surface area contributed by atoms with E-state index >= 15 is 0 Å². The smallest absolute Gasteiger partial charge is 0.216 e. The van der Waals surface area contributed by atoms with E-state index < -0.39 is 12.4 Å².